The van der Waals surface area contributed by atoms with Crippen molar-refractivity contribution in [3.63, 3.8) is 0 Å². The summed E-state index contributed by atoms with van der Waals surface area (Å²) in [5, 5.41) is 3.48. The van der Waals surface area contributed by atoms with Crippen molar-refractivity contribution in [1.29, 1.82) is 0 Å². The van der Waals surface area contributed by atoms with E-state index in [2.05, 4.69) is 37.4 Å². The molecule has 0 unspecified atom stereocenters. The number of hydrogen-bond donors (Lipinski definition) is 1. The number of ether oxygens (including phenoxy) is 1. The quantitative estimate of drug-likeness (QED) is 0.826. The van der Waals surface area contributed by atoms with Gasteiger partial charge in [0.15, 0.2) is 0 Å². The molecule has 0 aliphatic heterocycles. The molecule has 1 fully saturated rings. The molecule has 3 nitrogen and oxygen atoms in total. The van der Waals surface area contributed by atoms with E-state index in [1.165, 1.54) is 24.0 Å². The van der Waals surface area contributed by atoms with Crippen LogP contribution in [0.5, 0.6) is 5.75 Å². The molecule has 0 amide bonds. The van der Waals surface area contributed by atoms with E-state index in [1.807, 2.05) is 18.4 Å². The zero-order chi connectivity index (χ0) is 14.7. The lowest BCUT2D eigenvalue weighted by Crippen LogP contribution is -2.14. The first kappa shape index (κ1) is 14.2. The third-order valence-corrected chi connectivity index (χ3v) is 3.81. The van der Waals surface area contributed by atoms with Crippen molar-refractivity contribution in [1.82, 2.24) is 5.32 Å². The molecule has 3 rings (SSSR count). The molecule has 1 aliphatic rings. The van der Waals surface area contributed by atoms with Crippen LogP contribution < -0.4 is 10.1 Å². The standard InChI is InChI=1S/C18H23NO2/c1-13(2)15-3-7-17(8-4-15)21-12-18-9-14(11-20-18)10-19-16-5-6-16/h3-4,7-9,11,13,16,19H,5-6,10,12H2,1-2H3. The SMILES string of the molecule is CC(C)c1ccc(OCc2cc(CNC3CC3)co2)cc1. The minimum atomic E-state index is 0.477. The van der Waals surface area contributed by atoms with Gasteiger partial charge < -0.3 is 14.5 Å². The summed E-state index contributed by atoms with van der Waals surface area (Å²) in [4.78, 5) is 0. The number of rotatable bonds is 7. The Bertz CT molecular complexity index is 567. The van der Waals surface area contributed by atoms with Gasteiger partial charge in [-0.1, -0.05) is 26.0 Å². The Morgan fingerprint density at radius 3 is 2.67 bits per heavy atom. The predicted octanol–water partition coefficient (Wildman–Crippen LogP) is 4.23. The summed E-state index contributed by atoms with van der Waals surface area (Å²) < 4.78 is 11.3. The summed E-state index contributed by atoms with van der Waals surface area (Å²) in [5.74, 6) is 2.30. The normalized spacial score (nSPS) is 14.6. The molecule has 0 atom stereocenters. The fraction of sp³-hybridized carbons (Fsp3) is 0.444. The van der Waals surface area contributed by atoms with Gasteiger partial charge in [0.25, 0.3) is 0 Å². The molecule has 1 heterocycles. The number of nitrogens with one attached hydrogen (secondary N) is 1. The molecule has 1 aliphatic carbocycles. The van der Waals surface area contributed by atoms with Crippen molar-refractivity contribution in [2.45, 2.75) is 51.8 Å². The smallest absolute Gasteiger partial charge is 0.146 e. The van der Waals surface area contributed by atoms with E-state index in [0.29, 0.717) is 12.5 Å². The Hall–Kier alpha value is -1.74. The van der Waals surface area contributed by atoms with Gasteiger partial charge in [0, 0.05) is 18.2 Å². The summed E-state index contributed by atoms with van der Waals surface area (Å²) in [7, 11) is 0. The average Bonchev–Trinajstić information content (AvgIpc) is 3.21. The van der Waals surface area contributed by atoms with Crippen LogP contribution in [-0.2, 0) is 13.2 Å². The zero-order valence-corrected chi connectivity index (χ0v) is 12.8. The second kappa shape index (κ2) is 6.35. The summed E-state index contributed by atoms with van der Waals surface area (Å²) in [6.07, 6.45) is 4.43. The Labute approximate surface area is 126 Å². The van der Waals surface area contributed by atoms with Crippen molar-refractivity contribution >= 4 is 0 Å². The largest absolute Gasteiger partial charge is 0.486 e. The van der Waals surface area contributed by atoms with Crippen LogP contribution in [0.25, 0.3) is 0 Å². The van der Waals surface area contributed by atoms with Crippen LogP contribution >= 0.6 is 0 Å². The van der Waals surface area contributed by atoms with E-state index in [1.54, 1.807) is 0 Å². The van der Waals surface area contributed by atoms with E-state index in [9.17, 15) is 0 Å². The number of hydrogen-bond acceptors (Lipinski definition) is 3. The van der Waals surface area contributed by atoms with Crippen molar-refractivity contribution in [3.8, 4) is 5.75 Å². The van der Waals surface area contributed by atoms with Gasteiger partial charge in [-0.05, 0) is 42.5 Å². The van der Waals surface area contributed by atoms with Gasteiger partial charge >= 0.3 is 0 Å². The second-order valence-electron chi connectivity index (χ2n) is 6.09. The first-order valence-corrected chi connectivity index (χ1v) is 7.73. The summed E-state index contributed by atoms with van der Waals surface area (Å²) in [6, 6.07) is 11.1. The van der Waals surface area contributed by atoms with E-state index in [-0.39, 0.29) is 0 Å². The molecule has 1 saturated carbocycles. The molecule has 1 aromatic heterocycles. The highest BCUT2D eigenvalue weighted by Gasteiger charge is 2.20. The molecule has 0 radical (unpaired) electrons. The summed E-state index contributed by atoms with van der Waals surface area (Å²) in [5.41, 5.74) is 2.52. The van der Waals surface area contributed by atoms with Gasteiger partial charge in [-0.15, -0.1) is 0 Å². The monoisotopic (exact) mass is 285 g/mol. The lowest BCUT2D eigenvalue weighted by molar-refractivity contribution is 0.270. The van der Waals surface area contributed by atoms with Crippen LogP contribution in [0.3, 0.4) is 0 Å². The van der Waals surface area contributed by atoms with Gasteiger partial charge in [0.1, 0.15) is 18.1 Å². The van der Waals surface area contributed by atoms with Crippen LogP contribution in [0, 0.1) is 0 Å². The molecule has 0 bridgehead atoms. The van der Waals surface area contributed by atoms with E-state index in [0.717, 1.165) is 24.1 Å². The third-order valence-electron chi connectivity index (χ3n) is 3.81. The zero-order valence-electron chi connectivity index (χ0n) is 12.8. The molecule has 2 aromatic rings. The van der Waals surface area contributed by atoms with Crippen molar-refractivity contribution < 1.29 is 9.15 Å². The van der Waals surface area contributed by atoms with Crippen molar-refractivity contribution in [2.75, 3.05) is 0 Å². The van der Waals surface area contributed by atoms with Gasteiger partial charge in [-0.3, -0.25) is 0 Å². The van der Waals surface area contributed by atoms with E-state index >= 15 is 0 Å². The first-order valence-electron chi connectivity index (χ1n) is 7.73. The summed E-state index contributed by atoms with van der Waals surface area (Å²) in [6.45, 7) is 5.74. The van der Waals surface area contributed by atoms with Crippen LogP contribution in [0.15, 0.2) is 41.0 Å². The highest BCUT2D eigenvalue weighted by Crippen LogP contribution is 2.21. The Morgan fingerprint density at radius 2 is 2.00 bits per heavy atom. The molecular weight excluding hydrogens is 262 g/mol. The summed E-state index contributed by atoms with van der Waals surface area (Å²) >= 11 is 0. The second-order valence-corrected chi connectivity index (χ2v) is 6.09. The minimum Gasteiger partial charge on any atom is -0.486 e. The van der Waals surface area contributed by atoms with E-state index in [4.69, 9.17) is 9.15 Å². The molecular formula is C18H23NO2. The first-order chi connectivity index (χ1) is 10.2. The topological polar surface area (TPSA) is 34.4 Å². The highest BCUT2D eigenvalue weighted by atomic mass is 16.5. The van der Waals surface area contributed by atoms with Crippen LogP contribution in [0.2, 0.25) is 0 Å². The Morgan fingerprint density at radius 1 is 1.24 bits per heavy atom. The minimum absolute atomic E-state index is 0.477. The molecule has 0 saturated heterocycles. The Balaban J connectivity index is 1.49. The lowest BCUT2D eigenvalue weighted by Gasteiger charge is -2.07. The lowest BCUT2D eigenvalue weighted by atomic mass is 10.0. The van der Waals surface area contributed by atoms with Gasteiger partial charge in [0.05, 0.1) is 6.26 Å². The van der Waals surface area contributed by atoms with Crippen molar-refractivity contribution in [3.05, 3.63) is 53.5 Å². The van der Waals surface area contributed by atoms with Crippen LogP contribution in [0.4, 0.5) is 0 Å². The van der Waals surface area contributed by atoms with Gasteiger partial charge in [-0.2, -0.15) is 0 Å². The Kier molecular flexibility index (Phi) is 4.30. The third kappa shape index (κ3) is 4.11. The molecule has 21 heavy (non-hydrogen) atoms. The molecule has 1 N–H and O–H groups in total. The maximum atomic E-state index is 5.76. The molecule has 0 spiro atoms. The molecule has 112 valence electrons. The molecule has 1 aromatic carbocycles. The van der Waals surface area contributed by atoms with E-state index < -0.39 is 0 Å². The maximum Gasteiger partial charge on any atom is 0.146 e. The van der Waals surface area contributed by atoms with Crippen molar-refractivity contribution in [2.24, 2.45) is 0 Å². The van der Waals surface area contributed by atoms with Crippen LogP contribution in [-0.4, -0.2) is 6.04 Å². The fourth-order valence-corrected chi connectivity index (χ4v) is 2.25. The number of benzene rings is 1. The maximum absolute atomic E-state index is 5.76. The van der Waals surface area contributed by atoms with Crippen LogP contribution in [0.1, 0.15) is 49.5 Å². The van der Waals surface area contributed by atoms with Gasteiger partial charge in [-0.25, -0.2) is 0 Å². The van der Waals surface area contributed by atoms with Gasteiger partial charge in [0.2, 0.25) is 0 Å². The number of furan rings is 1. The highest BCUT2D eigenvalue weighted by molar-refractivity contribution is 5.29. The fourth-order valence-electron chi connectivity index (χ4n) is 2.25. The molecule has 3 heteroatoms. The predicted molar refractivity (Wildman–Crippen MR) is 83.4 cm³/mol. The average molecular weight is 285 g/mol.